The fourth-order valence-corrected chi connectivity index (χ4v) is 14.2. The molecule has 2 aromatic carbocycles. The van der Waals surface area contributed by atoms with Crippen LogP contribution in [0.1, 0.15) is 52.0 Å². The van der Waals surface area contributed by atoms with Crippen LogP contribution in [0.3, 0.4) is 0 Å². The number of thioether (sulfide) groups is 4. The van der Waals surface area contributed by atoms with Gasteiger partial charge in [0.1, 0.15) is 72.9 Å². The molecule has 12 unspecified atom stereocenters. The average molecular weight is 1910 g/mol. The van der Waals surface area contributed by atoms with Crippen LogP contribution < -0.4 is 4.74 Å². The number of benzene rings is 2. The van der Waals surface area contributed by atoms with Gasteiger partial charge in [0.25, 0.3) is 0 Å². The van der Waals surface area contributed by atoms with Crippen LogP contribution in [0.2, 0.25) is 0 Å². The molecule has 0 spiro atoms. The number of carbonyl (C=O) groups is 4. The maximum atomic E-state index is 13.7. The fourth-order valence-electron chi connectivity index (χ4n) is 9.89. The van der Waals surface area contributed by atoms with Crippen molar-refractivity contribution < 1.29 is 174 Å². The molecule has 12 atom stereocenters. The number of ether oxygens (including phenoxy) is 19. The molecule has 0 saturated carbocycles. The van der Waals surface area contributed by atoms with Gasteiger partial charge in [0.15, 0.2) is 0 Å². The molecule has 0 amide bonds. The molecular weight excluding hydrogens is 1780 g/mol. The number of hydrogen-bond donors (Lipinski definition) is 11. The highest BCUT2D eigenvalue weighted by Crippen LogP contribution is 2.29. The summed E-state index contributed by atoms with van der Waals surface area (Å²) in [7, 11) is -2.45. The minimum absolute atomic E-state index is 0.000447. The standard InChI is InChI=1S/C76H129IO36S5/c1-5-106-65(41-97-19-7-23-115-52-73(87)88)43-101-33-59(82)34-102-44-66(110-49-68(112-55-77)42-98-20-8-24-116-53-74(89)90)45-103-36-61(84)38-109-67(46-105-40-64(28-80)108-37-60(83)35-100-32-58(81)31-99-30-56(26-78)29-96-18-6-22-114-51-72(85)86)48-111-69(47-104-39-63(27-79)107-21-9-25-117-54-75(91)92)50-113-76(2,3)57-10-14-70(15-11-57)118(93,94)71-16-12-62(95-4)13-17-71/h10-17,56,58-61,63-69,78-84H,5-9,18-55H2,1-4H3,(H,85,86)(H,87,88)(H,89,90)(H,91,92). The quantitative estimate of drug-likeness (QED) is 0.0258. The number of methoxy groups -OCH3 is 1. The van der Waals surface area contributed by atoms with Crippen molar-refractivity contribution >= 4 is 103 Å². The van der Waals surface area contributed by atoms with Crippen molar-refractivity contribution in [1.82, 2.24) is 0 Å². The van der Waals surface area contributed by atoms with Gasteiger partial charge in [0.2, 0.25) is 9.84 Å². The van der Waals surface area contributed by atoms with Crippen molar-refractivity contribution in [1.29, 1.82) is 0 Å². The minimum atomic E-state index is -3.92. The van der Waals surface area contributed by atoms with Crippen molar-refractivity contribution in [2.75, 3.05) is 256 Å². The molecule has 0 saturated heterocycles. The first-order valence-electron chi connectivity index (χ1n) is 38.8. The summed E-state index contributed by atoms with van der Waals surface area (Å²) in [5.41, 5.74) is -0.474. The second-order valence-corrected chi connectivity index (χ2v) is 34.0. The van der Waals surface area contributed by atoms with Crippen LogP contribution in [0, 0.1) is 5.92 Å². The molecule has 2 aromatic rings. The van der Waals surface area contributed by atoms with Gasteiger partial charge in [-0.3, -0.25) is 19.2 Å². The zero-order valence-electron chi connectivity index (χ0n) is 68.0. The monoisotopic (exact) mass is 1900 g/mol. The lowest BCUT2D eigenvalue weighted by Gasteiger charge is -2.30. The Morgan fingerprint density at radius 1 is 0.381 bits per heavy atom. The van der Waals surface area contributed by atoms with Crippen molar-refractivity contribution in [3.05, 3.63) is 54.1 Å². The third-order valence-electron chi connectivity index (χ3n) is 16.0. The van der Waals surface area contributed by atoms with Gasteiger partial charge in [-0.15, -0.1) is 0 Å². The molecule has 42 heteroatoms. The maximum Gasteiger partial charge on any atom is 0.313 e. The lowest BCUT2D eigenvalue weighted by atomic mass is 9.98. The molecule has 2 rings (SSSR count). The molecule has 0 radical (unpaired) electrons. The van der Waals surface area contributed by atoms with Crippen LogP contribution in [0.25, 0.3) is 0 Å². The first kappa shape index (κ1) is 111. The SMILES string of the molecule is CCOC(COCCCSCC(=O)O)COCC(O)COCC(COCC(O)COC(COCC(CO)OCC(O)COCC(O)COCC(CO)COCCCSCC(=O)O)COC(COCC(CO)OCCCSCC(=O)O)COC(C)(C)c1ccc(S(=O)(=O)c2ccc(OC)cc2)cc1)OCC(COCCCSCC(=O)O)OCI. The zero-order chi connectivity index (χ0) is 86.9. The summed E-state index contributed by atoms with van der Waals surface area (Å²) in [4.78, 5) is 43.6. The number of aliphatic hydroxyl groups excluding tert-OH is 7. The summed E-state index contributed by atoms with van der Waals surface area (Å²) in [5, 5.41) is 110. The van der Waals surface area contributed by atoms with Crippen LogP contribution in [0.15, 0.2) is 58.3 Å². The topological polar surface area (TPSA) is 500 Å². The second kappa shape index (κ2) is 71.4. The maximum absolute atomic E-state index is 13.7. The Morgan fingerprint density at radius 2 is 0.695 bits per heavy atom. The Kier molecular flexibility index (Phi) is 67.3. The summed E-state index contributed by atoms with van der Waals surface area (Å²) >= 11 is 7.13. The lowest BCUT2D eigenvalue weighted by molar-refractivity contribution is -0.150. The normalized spacial score (nSPS) is 15.2. The molecule has 118 heavy (non-hydrogen) atoms. The summed E-state index contributed by atoms with van der Waals surface area (Å²) in [5.74, 6) is -1.30. The van der Waals surface area contributed by atoms with Crippen molar-refractivity contribution in [3.8, 4) is 5.75 Å². The Bertz CT molecular complexity index is 2910. The van der Waals surface area contributed by atoms with E-state index < -0.39 is 120 Å². The van der Waals surface area contributed by atoms with Gasteiger partial charge in [-0.1, -0.05) is 34.7 Å². The molecule has 686 valence electrons. The van der Waals surface area contributed by atoms with Crippen LogP contribution in [0.4, 0.5) is 0 Å². The molecule has 0 fully saturated rings. The van der Waals surface area contributed by atoms with E-state index in [-0.39, 0.29) is 197 Å². The molecule has 0 heterocycles. The van der Waals surface area contributed by atoms with E-state index in [2.05, 4.69) is 0 Å². The highest BCUT2D eigenvalue weighted by Gasteiger charge is 2.29. The van der Waals surface area contributed by atoms with Gasteiger partial charge < -0.3 is 146 Å². The summed E-state index contributed by atoms with van der Waals surface area (Å²) < 4.78 is 140. The molecule has 0 aliphatic carbocycles. The van der Waals surface area contributed by atoms with E-state index in [1.165, 1.54) is 78.4 Å². The molecule has 0 aliphatic rings. The number of rotatable bonds is 85. The van der Waals surface area contributed by atoms with Gasteiger partial charge in [-0.25, -0.2) is 8.42 Å². The number of halogens is 1. The van der Waals surface area contributed by atoms with Crippen LogP contribution in [-0.4, -0.2) is 412 Å². The first-order valence-corrected chi connectivity index (χ1v) is 46.4. The van der Waals surface area contributed by atoms with Crippen molar-refractivity contribution in [2.45, 2.75) is 129 Å². The van der Waals surface area contributed by atoms with Gasteiger partial charge in [-0.05, 0) is 111 Å². The third-order valence-corrected chi connectivity index (χ3v) is 22.3. The second-order valence-electron chi connectivity index (χ2n) is 27.0. The number of aliphatic carboxylic acids is 4. The molecule has 0 aromatic heterocycles. The summed E-state index contributed by atoms with van der Waals surface area (Å²) in [6.45, 7) is 3.36. The number of hydrogen-bond acceptors (Lipinski definition) is 36. The van der Waals surface area contributed by atoms with Gasteiger partial charge in [-0.2, -0.15) is 47.0 Å². The average Bonchev–Trinajstić information content (AvgIpc) is 0.793. The number of carboxylic acid groups (broad SMARTS) is 4. The summed E-state index contributed by atoms with van der Waals surface area (Å²) in [6.07, 6.45) is -7.74. The molecule has 36 nitrogen and oxygen atoms in total. The van der Waals surface area contributed by atoms with Gasteiger partial charge >= 0.3 is 23.9 Å². The van der Waals surface area contributed by atoms with Crippen molar-refractivity contribution in [3.63, 3.8) is 0 Å². The van der Waals surface area contributed by atoms with Crippen molar-refractivity contribution in [2.24, 2.45) is 5.92 Å². The predicted molar refractivity (Wildman–Crippen MR) is 447 cm³/mol. The van der Waals surface area contributed by atoms with E-state index in [0.717, 1.165) is 0 Å². The van der Waals surface area contributed by atoms with Crippen LogP contribution >= 0.6 is 69.6 Å². The number of sulfone groups is 1. The molecule has 0 bridgehead atoms. The van der Waals surface area contributed by atoms with Crippen LogP contribution in [-0.2, 0) is 120 Å². The van der Waals surface area contributed by atoms with E-state index in [4.69, 9.17) is 110 Å². The van der Waals surface area contributed by atoms with E-state index in [1.54, 1.807) is 38.1 Å². The first-order chi connectivity index (χ1) is 56.8. The van der Waals surface area contributed by atoms with Gasteiger partial charge in [0.05, 0.1) is 215 Å². The molecular formula is C76H129IO36S5. The number of aliphatic hydroxyl groups is 7. The zero-order valence-corrected chi connectivity index (χ0v) is 74.2. The number of alkyl halides is 1. The molecule has 11 N–H and O–H groups in total. The van der Waals surface area contributed by atoms with Gasteiger partial charge in [0, 0.05) is 39.0 Å². The Balaban J connectivity index is 2.34. The molecule has 0 aliphatic heterocycles. The smallest absolute Gasteiger partial charge is 0.313 e. The third kappa shape index (κ3) is 58.4. The van der Waals surface area contributed by atoms with E-state index in [9.17, 15) is 63.3 Å². The minimum Gasteiger partial charge on any atom is -0.497 e. The van der Waals surface area contributed by atoms with E-state index in [0.29, 0.717) is 91.0 Å². The Morgan fingerprint density at radius 3 is 1.10 bits per heavy atom. The van der Waals surface area contributed by atoms with Crippen LogP contribution in [0.5, 0.6) is 5.75 Å². The van der Waals surface area contributed by atoms with E-state index in [1.807, 2.05) is 29.5 Å². The number of carboxylic acids is 4. The highest BCUT2D eigenvalue weighted by molar-refractivity contribution is 14.1. The summed E-state index contributed by atoms with van der Waals surface area (Å²) in [6, 6.07) is 12.2. The Labute approximate surface area is 723 Å². The Hall–Kier alpha value is -2.80. The largest absolute Gasteiger partial charge is 0.497 e. The predicted octanol–water partition coefficient (Wildman–Crippen LogP) is 2.92. The van der Waals surface area contributed by atoms with E-state index >= 15 is 0 Å². The fraction of sp³-hybridized carbons (Fsp3) is 0.789. The highest BCUT2D eigenvalue weighted by atomic mass is 127. The lowest BCUT2D eigenvalue weighted by Crippen LogP contribution is -2.38.